The molecule has 1 atom stereocenters. The van der Waals surface area contributed by atoms with E-state index in [1.807, 2.05) is 12.1 Å². The minimum atomic E-state index is -0.235. The van der Waals surface area contributed by atoms with Crippen molar-refractivity contribution >= 4 is 0 Å². The summed E-state index contributed by atoms with van der Waals surface area (Å²) in [6.07, 6.45) is 3.92. The van der Waals surface area contributed by atoms with Crippen molar-refractivity contribution in [3.05, 3.63) is 40.2 Å². The molecule has 3 rings (SSSR count). The van der Waals surface area contributed by atoms with Crippen LogP contribution in [0.4, 0.5) is 0 Å². The maximum Gasteiger partial charge on any atom is 0.340 e. The van der Waals surface area contributed by atoms with Gasteiger partial charge in [0.05, 0.1) is 7.11 Å². The number of hydrogen-bond acceptors (Lipinski definition) is 5. The normalized spacial score (nSPS) is 19.6. The van der Waals surface area contributed by atoms with Gasteiger partial charge in [-0.3, -0.25) is 9.88 Å². The minimum absolute atomic E-state index is 0.235. The SMILES string of the molecule is COc1cc(CN2CCCC(c3n[nH]c(=O)[nH]3)C2)ccn1. The third-order valence-electron chi connectivity index (χ3n) is 3.83. The van der Waals surface area contributed by atoms with Crippen molar-refractivity contribution in [1.82, 2.24) is 25.1 Å². The first-order valence-electron chi connectivity index (χ1n) is 7.10. The highest BCUT2D eigenvalue weighted by atomic mass is 16.5. The molecule has 2 aromatic rings. The predicted octanol–water partition coefficient (Wildman–Crippen LogP) is 0.881. The molecule has 0 amide bonds. The predicted molar refractivity (Wildman–Crippen MR) is 77.2 cm³/mol. The standard InChI is InChI=1S/C14H19N5O2/c1-21-12-7-10(4-5-15-12)8-19-6-2-3-11(9-19)13-16-14(20)18-17-13/h4-5,7,11H,2-3,6,8-9H2,1H3,(H2,16,17,18,20). The average molecular weight is 289 g/mol. The summed E-state index contributed by atoms with van der Waals surface area (Å²) in [5.41, 5.74) is 0.944. The molecule has 1 fully saturated rings. The van der Waals surface area contributed by atoms with Gasteiger partial charge >= 0.3 is 5.69 Å². The summed E-state index contributed by atoms with van der Waals surface area (Å²) in [7, 11) is 1.62. The zero-order chi connectivity index (χ0) is 14.7. The number of H-pyrrole nitrogens is 2. The smallest absolute Gasteiger partial charge is 0.340 e. The van der Waals surface area contributed by atoms with Gasteiger partial charge in [0, 0.05) is 31.3 Å². The zero-order valence-electron chi connectivity index (χ0n) is 12.0. The highest BCUT2D eigenvalue weighted by Gasteiger charge is 2.23. The summed E-state index contributed by atoms with van der Waals surface area (Å²) < 4.78 is 5.15. The lowest BCUT2D eigenvalue weighted by Gasteiger charge is -2.31. The van der Waals surface area contributed by atoms with Crippen LogP contribution in [0.3, 0.4) is 0 Å². The second-order valence-corrected chi connectivity index (χ2v) is 5.34. The van der Waals surface area contributed by atoms with Crippen molar-refractivity contribution in [3.63, 3.8) is 0 Å². The summed E-state index contributed by atoms with van der Waals surface area (Å²) in [6.45, 7) is 2.80. The molecular weight excluding hydrogens is 270 g/mol. The number of likely N-dealkylation sites (tertiary alicyclic amines) is 1. The summed E-state index contributed by atoms with van der Waals surface area (Å²) in [4.78, 5) is 20.4. The third-order valence-corrected chi connectivity index (χ3v) is 3.83. The number of ether oxygens (including phenoxy) is 1. The van der Waals surface area contributed by atoms with E-state index in [-0.39, 0.29) is 11.6 Å². The van der Waals surface area contributed by atoms with Crippen LogP contribution in [0.15, 0.2) is 23.1 Å². The average Bonchev–Trinajstić information content (AvgIpc) is 2.94. The quantitative estimate of drug-likeness (QED) is 0.872. The number of hydrogen-bond donors (Lipinski definition) is 2. The Labute approximate surface area is 122 Å². The lowest BCUT2D eigenvalue weighted by Crippen LogP contribution is -2.34. The van der Waals surface area contributed by atoms with Crippen LogP contribution in [0.5, 0.6) is 5.88 Å². The van der Waals surface area contributed by atoms with Crippen molar-refractivity contribution in [3.8, 4) is 5.88 Å². The summed E-state index contributed by atoms with van der Waals surface area (Å²) >= 11 is 0. The van der Waals surface area contributed by atoms with E-state index in [9.17, 15) is 4.79 Å². The highest BCUT2D eigenvalue weighted by Crippen LogP contribution is 2.25. The van der Waals surface area contributed by atoms with Crippen molar-refractivity contribution in [2.24, 2.45) is 0 Å². The number of nitrogens with zero attached hydrogens (tertiary/aromatic N) is 3. The van der Waals surface area contributed by atoms with Gasteiger partial charge in [0.15, 0.2) is 0 Å². The molecule has 0 saturated carbocycles. The van der Waals surface area contributed by atoms with Gasteiger partial charge in [0.2, 0.25) is 5.88 Å². The molecule has 0 bridgehead atoms. The first kappa shape index (κ1) is 13.8. The second-order valence-electron chi connectivity index (χ2n) is 5.34. The highest BCUT2D eigenvalue weighted by molar-refractivity contribution is 5.20. The van der Waals surface area contributed by atoms with E-state index < -0.39 is 0 Å². The van der Waals surface area contributed by atoms with Gasteiger partial charge < -0.3 is 4.74 Å². The van der Waals surface area contributed by atoms with Crippen LogP contribution in [-0.4, -0.2) is 45.3 Å². The third kappa shape index (κ3) is 3.30. The fourth-order valence-corrected chi connectivity index (χ4v) is 2.82. The molecule has 2 N–H and O–H groups in total. The van der Waals surface area contributed by atoms with Crippen LogP contribution in [-0.2, 0) is 6.54 Å². The number of piperidine rings is 1. The van der Waals surface area contributed by atoms with Crippen LogP contribution in [0.1, 0.15) is 30.1 Å². The molecule has 2 aromatic heterocycles. The van der Waals surface area contributed by atoms with Crippen molar-refractivity contribution in [2.75, 3.05) is 20.2 Å². The number of rotatable bonds is 4. The number of aromatic nitrogens is 4. The molecule has 1 aliphatic rings. The monoisotopic (exact) mass is 289 g/mol. The molecule has 1 unspecified atom stereocenters. The Morgan fingerprint density at radius 1 is 1.52 bits per heavy atom. The maximum atomic E-state index is 11.2. The van der Waals surface area contributed by atoms with Crippen LogP contribution in [0.2, 0.25) is 0 Å². The summed E-state index contributed by atoms with van der Waals surface area (Å²) in [5.74, 6) is 1.68. The lowest BCUT2D eigenvalue weighted by molar-refractivity contribution is 0.196. The molecule has 21 heavy (non-hydrogen) atoms. The van der Waals surface area contributed by atoms with E-state index in [4.69, 9.17) is 4.74 Å². The Kier molecular flexibility index (Phi) is 4.01. The van der Waals surface area contributed by atoms with E-state index in [1.165, 1.54) is 5.56 Å². The molecule has 0 radical (unpaired) electrons. The Bertz CT molecular complexity index is 651. The first-order chi connectivity index (χ1) is 10.2. The largest absolute Gasteiger partial charge is 0.481 e. The fraction of sp³-hybridized carbons (Fsp3) is 0.500. The van der Waals surface area contributed by atoms with Gasteiger partial charge in [0.25, 0.3) is 0 Å². The van der Waals surface area contributed by atoms with E-state index in [0.717, 1.165) is 38.3 Å². The Morgan fingerprint density at radius 3 is 3.19 bits per heavy atom. The van der Waals surface area contributed by atoms with Gasteiger partial charge in [-0.2, -0.15) is 5.10 Å². The topological polar surface area (TPSA) is 86.9 Å². The molecule has 3 heterocycles. The molecule has 0 spiro atoms. The van der Waals surface area contributed by atoms with Crippen molar-refractivity contribution < 1.29 is 4.74 Å². The van der Waals surface area contributed by atoms with Crippen LogP contribution < -0.4 is 10.4 Å². The molecule has 0 aromatic carbocycles. The van der Waals surface area contributed by atoms with Gasteiger partial charge in [-0.1, -0.05) is 0 Å². The Hall–Kier alpha value is -2.15. The van der Waals surface area contributed by atoms with Crippen molar-refractivity contribution in [1.29, 1.82) is 0 Å². The fourth-order valence-electron chi connectivity index (χ4n) is 2.82. The zero-order valence-corrected chi connectivity index (χ0v) is 12.0. The molecule has 112 valence electrons. The molecule has 7 heteroatoms. The first-order valence-corrected chi connectivity index (χ1v) is 7.10. The van der Waals surface area contributed by atoms with Crippen LogP contribution >= 0.6 is 0 Å². The van der Waals surface area contributed by atoms with E-state index in [0.29, 0.717) is 5.88 Å². The number of nitrogens with one attached hydrogen (secondary N) is 2. The van der Waals surface area contributed by atoms with Gasteiger partial charge in [0.1, 0.15) is 5.82 Å². The van der Waals surface area contributed by atoms with Gasteiger partial charge in [-0.05, 0) is 31.0 Å². The second kappa shape index (κ2) is 6.09. The van der Waals surface area contributed by atoms with E-state index in [1.54, 1.807) is 13.3 Å². The van der Waals surface area contributed by atoms with Gasteiger partial charge in [-0.15, -0.1) is 0 Å². The molecule has 1 saturated heterocycles. The minimum Gasteiger partial charge on any atom is -0.481 e. The summed E-state index contributed by atoms with van der Waals surface area (Å²) in [6, 6.07) is 3.96. The summed E-state index contributed by atoms with van der Waals surface area (Å²) in [5, 5.41) is 6.50. The van der Waals surface area contributed by atoms with Gasteiger partial charge in [-0.25, -0.2) is 14.9 Å². The van der Waals surface area contributed by atoms with Crippen LogP contribution in [0, 0.1) is 0 Å². The number of methoxy groups -OCH3 is 1. The maximum absolute atomic E-state index is 11.2. The number of aromatic amines is 2. The van der Waals surface area contributed by atoms with E-state index >= 15 is 0 Å². The lowest BCUT2D eigenvalue weighted by atomic mass is 9.97. The Morgan fingerprint density at radius 2 is 2.43 bits per heavy atom. The molecule has 0 aliphatic carbocycles. The van der Waals surface area contributed by atoms with Crippen LogP contribution in [0.25, 0.3) is 0 Å². The molecule has 7 nitrogen and oxygen atoms in total. The Balaban J connectivity index is 1.67. The molecule has 1 aliphatic heterocycles. The molecular formula is C14H19N5O2. The van der Waals surface area contributed by atoms with E-state index in [2.05, 4.69) is 25.1 Å². The van der Waals surface area contributed by atoms with Crippen molar-refractivity contribution in [2.45, 2.75) is 25.3 Å². The number of pyridine rings is 1.